The Kier molecular flexibility index (Phi) is 8.95. The second-order valence-corrected chi connectivity index (χ2v) is 11.3. The lowest BCUT2D eigenvalue weighted by atomic mass is 10.1. The first-order chi connectivity index (χ1) is 16.5. The van der Waals surface area contributed by atoms with Gasteiger partial charge in [0, 0.05) is 54.7 Å². The van der Waals surface area contributed by atoms with Crippen molar-refractivity contribution in [3.05, 3.63) is 71.0 Å². The van der Waals surface area contributed by atoms with Gasteiger partial charge in [-0.15, -0.1) is 23.5 Å². The average molecular weight is 532 g/mol. The maximum absolute atomic E-state index is 10.9. The quantitative estimate of drug-likeness (QED) is 0.155. The van der Waals surface area contributed by atoms with E-state index in [1.807, 2.05) is 72.3 Å². The van der Waals surface area contributed by atoms with E-state index in [9.17, 15) is 4.79 Å². The highest BCUT2D eigenvalue weighted by Gasteiger charge is 2.14. The summed E-state index contributed by atoms with van der Waals surface area (Å²) >= 11 is 16.0. The van der Waals surface area contributed by atoms with E-state index in [0.29, 0.717) is 21.7 Å². The predicted molar refractivity (Wildman–Crippen MR) is 145 cm³/mol. The van der Waals surface area contributed by atoms with Gasteiger partial charge in [-0.3, -0.25) is 14.8 Å². The Morgan fingerprint density at radius 1 is 0.853 bits per heavy atom. The molecule has 0 aliphatic rings. The van der Waals surface area contributed by atoms with Crippen LogP contribution in [-0.2, 0) is 4.79 Å². The molecule has 0 bridgehead atoms. The van der Waals surface area contributed by atoms with Crippen LogP contribution in [0.3, 0.4) is 0 Å². The number of unbranched alkanes of at least 4 members (excludes halogenated alkanes) is 1. The molecule has 8 heteroatoms. The molecule has 1 unspecified atom stereocenters. The van der Waals surface area contributed by atoms with Crippen LogP contribution in [0.25, 0.3) is 21.8 Å². The number of benzene rings is 2. The number of halogens is 2. The molecule has 0 saturated carbocycles. The molecule has 0 saturated heterocycles. The first-order valence-corrected chi connectivity index (χ1v) is 13.7. The van der Waals surface area contributed by atoms with Crippen LogP contribution < -0.4 is 0 Å². The van der Waals surface area contributed by atoms with Crippen LogP contribution >= 0.6 is 46.7 Å². The number of hydrogen-bond donors (Lipinski definition) is 1. The molecule has 1 atom stereocenters. The van der Waals surface area contributed by atoms with Crippen LogP contribution in [0.2, 0.25) is 10.0 Å². The highest BCUT2D eigenvalue weighted by molar-refractivity contribution is 8.00. The van der Waals surface area contributed by atoms with E-state index in [2.05, 4.69) is 22.1 Å². The maximum atomic E-state index is 10.9. The summed E-state index contributed by atoms with van der Waals surface area (Å²) in [6.07, 6.45) is 7.41. The maximum Gasteiger partial charge on any atom is 0.303 e. The number of pyridine rings is 2. The molecule has 0 spiro atoms. The molecule has 1 N–H and O–H groups in total. The van der Waals surface area contributed by atoms with Crippen molar-refractivity contribution in [3.8, 4) is 0 Å². The van der Waals surface area contributed by atoms with Gasteiger partial charge in [0.2, 0.25) is 0 Å². The Bertz CT molecular complexity index is 1300. The number of thioether (sulfide) groups is 2. The summed E-state index contributed by atoms with van der Waals surface area (Å²) in [4.78, 5) is 22.2. The SMILES string of the molecule is O=C(O)CCCCC(CCSc1ccnc2cc(Cl)ccc12)Sc1ccnc2cc(Cl)ccc12. The minimum Gasteiger partial charge on any atom is -0.481 e. The third-order valence-corrected chi connectivity index (χ3v) is 8.48. The van der Waals surface area contributed by atoms with Crippen LogP contribution in [0.15, 0.2) is 70.7 Å². The van der Waals surface area contributed by atoms with Crippen molar-refractivity contribution in [1.82, 2.24) is 9.97 Å². The van der Waals surface area contributed by atoms with Gasteiger partial charge in [0.15, 0.2) is 0 Å². The molecule has 4 nitrogen and oxygen atoms in total. The second-order valence-electron chi connectivity index (χ2n) is 7.96. The van der Waals surface area contributed by atoms with Crippen LogP contribution in [0.4, 0.5) is 0 Å². The van der Waals surface area contributed by atoms with Gasteiger partial charge >= 0.3 is 5.97 Å². The van der Waals surface area contributed by atoms with E-state index in [0.717, 1.165) is 46.8 Å². The second kappa shape index (κ2) is 12.1. The smallest absolute Gasteiger partial charge is 0.303 e. The van der Waals surface area contributed by atoms with Gasteiger partial charge in [0.1, 0.15) is 0 Å². The lowest BCUT2D eigenvalue weighted by Gasteiger charge is -2.18. The van der Waals surface area contributed by atoms with E-state index in [1.54, 1.807) is 0 Å². The third kappa shape index (κ3) is 6.79. The standard InChI is InChI=1S/C26H24Cl2N2O2S2/c27-17-5-7-20-22(15-17)29-12-9-24(20)33-14-11-19(3-1-2-4-26(31)32)34-25-10-13-30-23-16-18(28)6-8-21(23)25/h5-10,12-13,15-16,19H,1-4,11,14H2,(H,31,32). The molecule has 176 valence electrons. The van der Waals surface area contributed by atoms with Gasteiger partial charge in [-0.25, -0.2) is 0 Å². The number of fused-ring (bicyclic) bond motifs is 2. The molecule has 4 aromatic rings. The van der Waals surface area contributed by atoms with Crippen molar-refractivity contribution in [1.29, 1.82) is 0 Å². The van der Waals surface area contributed by atoms with Gasteiger partial charge < -0.3 is 5.11 Å². The first kappa shape index (κ1) is 25.1. The number of carboxylic acid groups (broad SMARTS) is 1. The minimum atomic E-state index is -0.735. The minimum absolute atomic E-state index is 0.217. The fraction of sp³-hybridized carbons (Fsp3) is 0.269. The Balaban J connectivity index is 1.46. The van der Waals surface area contributed by atoms with E-state index < -0.39 is 5.97 Å². The van der Waals surface area contributed by atoms with Gasteiger partial charge in [-0.1, -0.05) is 41.8 Å². The molecule has 0 amide bonds. The fourth-order valence-electron chi connectivity index (χ4n) is 3.81. The zero-order chi connectivity index (χ0) is 23.9. The van der Waals surface area contributed by atoms with Gasteiger partial charge in [-0.05, 0) is 61.4 Å². The van der Waals surface area contributed by atoms with Crippen molar-refractivity contribution >= 4 is 74.5 Å². The topological polar surface area (TPSA) is 63.1 Å². The van der Waals surface area contributed by atoms with Crippen LogP contribution in [0.5, 0.6) is 0 Å². The number of aliphatic carboxylic acids is 1. The zero-order valence-electron chi connectivity index (χ0n) is 18.4. The van der Waals surface area contributed by atoms with E-state index in [1.165, 1.54) is 9.79 Å². The summed E-state index contributed by atoms with van der Waals surface area (Å²) in [7, 11) is 0. The normalized spacial score (nSPS) is 12.3. The number of carboxylic acids is 1. The van der Waals surface area contributed by atoms with Crippen molar-refractivity contribution in [2.75, 3.05) is 5.75 Å². The van der Waals surface area contributed by atoms with Crippen molar-refractivity contribution < 1.29 is 9.90 Å². The van der Waals surface area contributed by atoms with Crippen LogP contribution in [-0.4, -0.2) is 32.0 Å². The molecule has 2 aromatic heterocycles. The Morgan fingerprint density at radius 2 is 1.47 bits per heavy atom. The first-order valence-electron chi connectivity index (χ1n) is 11.1. The molecule has 0 aliphatic carbocycles. The lowest BCUT2D eigenvalue weighted by molar-refractivity contribution is -0.137. The molecule has 2 heterocycles. The number of carbonyl (C=O) groups is 1. The summed E-state index contributed by atoms with van der Waals surface area (Å²) in [5.41, 5.74) is 1.79. The highest BCUT2D eigenvalue weighted by Crippen LogP contribution is 2.36. The summed E-state index contributed by atoms with van der Waals surface area (Å²) < 4.78 is 0. The number of nitrogens with zero attached hydrogens (tertiary/aromatic N) is 2. The molecular weight excluding hydrogens is 507 g/mol. The summed E-state index contributed by atoms with van der Waals surface area (Å²) in [6.45, 7) is 0. The molecule has 0 fully saturated rings. The summed E-state index contributed by atoms with van der Waals surface area (Å²) in [6, 6.07) is 15.7. The highest BCUT2D eigenvalue weighted by atomic mass is 35.5. The summed E-state index contributed by atoms with van der Waals surface area (Å²) in [5, 5.41) is 12.9. The average Bonchev–Trinajstić information content (AvgIpc) is 2.81. The molecule has 0 aliphatic heterocycles. The Labute approximate surface area is 217 Å². The van der Waals surface area contributed by atoms with Crippen molar-refractivity contribution in [2.24, 2.45) is 0 Å². The molecule has 4 rings (SSSR count). The number of hydrogen-bond acceptors (Lipinski definition) is 5. The largest absolute Gasteiger partial charge is 0.481 e. The number of aromatic nitrogens is 2. The van der Waals surface area contributed by atoms with Crippen molar-refractivity contribution in [3.63, 3.8) is 0 Å². The van der Waals surface area contributed by atoms with Crippen LogP contribution in [0.1, 0.15) is 32.1 Å². The monoisotopic (exact) mass is 530 g/mol. The predicted octanol–water partition coefficient (Wildman–Crippen LogP) is 8.38. The van der Waals surface area contributed by atoms with Crippen LogP contribution in [0, 0.1) is 0 Å². The Hall–Kier alpha value is -1.99. The fourth-order valence-corrected chi connectivity index (χ4v) is 6.72. The molecular formula is C26H24Cl2N2O2S2. The summed E-state index contributed by atoms with van der Waals surface area (Å²) in [5.74, 6) is 0.217. The molecule has 0 radical (unpaired) electrons. The van der Waals surface area contributed by atoms with Gasteiger partial charge in [-0.2, -0.15) is 0 Å². The molecule has 2 aromatic carbocycles. The molecule has 34 heavy (non-hydrogen) atoms. The van der Waals surface area contributed by atoms with E-state index >= 15 is 0 Å². The van der Waals surface area contributed by atoms with Crippen molar-refractivity contribution in [2.45, 2.75) is 47.1 Å². The van der Waals surface area contributed by atoms with E-state index in [-0.39, 0.29) is 6.42 Å². The zero-order valence-corrected chi connectivity index (χ0v) is 21.6. The van der Waals surface area contributed by atoms with Gasteiger partial charge in [0.25, 0.3) is 0 Å². The van der Waals surface area contributed by atoms with Gasteiger partial charge in [0.05, 0.1) is 11.0 Å². The third-order valence-electron chi connectivity index (χ3n) is 5.49. The lowest BCUT2D eigenvalue weighted by Crippen LogP contribution is -2.06. The van der Waals surface area contributed by atoms with E-state index in [4.69, 9.17) is 28.3 Å². The Morgan fingerprint density at radius 3 is 2.12 bits per heavy atom. The number of rotatable bonds is 11.